The Morgan fingerprint density at radius 3 is 2.52 bits per heavy atom. The minimum absolute atomic E-state index is 0.122. The largest absolute Gasteiger partial charge is 0.496 e. The summed E-state index contributed by atoms with van der Waals surface area (Å²) in [4.78, 5) is 11.9. The lowest BCUT2D eigenvalue weighted by Gasteiger charge is -2.32. The summed E-state index contributed by atoms with van der Waals surface area (Å²) in [5.74, 6) is 0.765. The lowest BCUT2D eigenvalue weighted by Crippen LogP contribution is -2.31. The van der Waals surface area contributed by atoms with E-state index in [1.807, 2.05) is 36.4 Å². The Bertz CT molecular complexity index is 803. The van der Waals surface area contributed by atoms with Crippen LogP contribution in [0.4, 0.5) is 5.69 Å². The molecule has 118 valence electrons. The van der Waals surface area contributed by atoms with Crippen molar-refractivity contribution in [1.29, 1.82) is 0 Å². The third-order valence-corrected chi connectivity index (χ3v) is 4.19. The van der Waals surface area contributed by atoms with Gasteiger partial charge in [-0.15, -0.1) is 0 Å². The van der Waals surface area contributed by atoms with Gasteiger partial charge in [-0.25, -0.2) is 0 Å². The van der Waals surface area contributed by atoms with Crippen LogP contribution >= 0.6 is 0 Å². The molecule has 0 unspecified atom stereocenters. The maximum absolute atomic E-state index is 11.9. The predicted octanol–water partition coefficient (Wildman–Crippen LogP) is 4.78. The minimum Gasteiger partial charge on any atom is -0.496 e. The van der Waals surface area contributed by atoms with E-state index in [0.717, 1.165) is 40.0 Å². The van der Waals surface area contributed by atoms with Crippen molar-refractivity contribution >= 4 is 17.5 Å². The van der Waals surface area contributed by atoms with Crippen LogP contribution in [0.25, 0.3) is 16.7 Å². The van der Waals surface area contributed by atoms with E-state index < -0.39 is 0 Å². The van der Waals surface area contributed by atoms with Crippen molar-refractivity contribution in [3.63, 3.8) is 0 Å². The molecule has 0 aliphatic carbocycles. The summed E-state index contributed by atoms with van der Waals surface area (Å²) in [6, 6.07) is 11.8. The van der Waals surface area contributed by atoms with Crippen LogP contribution in [0.15, 0.2) is 42.5 Å². The van der Waals surface area contributed by atoms with Crippen LogP contribution in [0, 0.1) is 0 Å². The highest BCUT2D eigenvalue weighted by atomic mass is 16.5. The molecular weight excluding hydrogens is 286 g/mol. The van der Waals surface area contributed by atoms with Gasteiger partial charge in [0.05, 0.1) is 12.6 Å². The Kier molecular flexibility index (Phi) is 3.72. The Hall–Kier alpha value is -2.55. The number of fused-ring (bicyclic) bond motifs is 1. The number of rotatable bonds is 3. The van der Waals surface area contributed by atoms with Crippen molar-refractivity contribution in [2.24, 2.45) is 0 Å². The Morgan fingerprint density at radius 2 is 1.83 bits per heavy atom. The number of carbonyl (C=O) groups is 1. The fourth-order valence-electron chi connectivity index (χ4n) is 3.37. The molecule has 0 amide bonds. The Labute approximate surface area is 137 Å². The first-order valence-corrected chi connectivity index (χ1v) is 7.70. The maximum Gasteiger partial charge on any atom is 0.151 e. The Morgan fingerprint density at radius 1 is 1.09 bits per heavy atom. The van der Waals surface area contributed by atoms with Crippen molar-refractivity contribution in [1.82, 2.24) is 0 Å². The van der Waals surface area contributed by atoms with Gasteiger partial charge in [-0.05, 0) is 44.0 Å². The molecule has 1 N–H and O–H groups in total. The average molecular weight is 307 g/mol. The summed E-state index contributed by atoms with van der Waals surface area (Å²) in [6.45, 7) is 6.29. The van der Waals surface area contributed by atoms with Gasteiger partial charge in [-0.3, -0.25) is 4.79 Å². The van der Waals surface area contributed by atoms with Gasteiger partial charge < -0.3 is 10.1 Å². The zero-order valence-electron chi connectivity index (χ0n) is 13.9. The number of nitrogens with one attached hydrogen (secondary N) is 1. The van der Waals surface area contributed by atoms with Crippen LogP contribution < -0.4 is 10.1 Å². The number of benzene rings is 2. The molecule has 2 aromatic carbocycles. The van der Waals surface area contributed by atoms with Crippen molar-refractivity contribution in [3.05, 3.63) is 53.6 Å². The second-order valence-corrected chi connectivity index (χ2v) is 6.44. The first-order chi connectivity index (χ1) is 11.0. The predicted molar refractivity (Wildman–Crippen MR) is 95.2 cm³/mol. The van der Waals surface area contributed by atoms with E-state index in [-0.39, 0.29) is 5.54 Å². The first kappa shape index (κ1) is 15.3. The number of hydrogen-bond donors (Lipinski definition) is 1. The maximum atomic E-state index is 11.9. The van der Waals surface area contributed by atoms with E-state index in [1.54, 1.807) is 7.11 Å². The molecule has 23 heavy (non-hydrogen) atoms. The van der Waals surface area contributed by atoms with Gasteiger partial charge >= 0.3 is 0 Å². The van der Waals surface area contributed by atoms with Gasteiger partial charge in [0.1, 0.15) is 5.75 Å². The van der Waals surface area contributed by atoms with Crippen LogP contribution in [-0.2, 0) is 0 Å². The molecule has 1 aliphatic heterocycles. The summed E-state index contributed by atoms with van der Waals surface area (Å²) in [5, 5.41) is 3.48. The van der Waals surface area contributed by atoms with Crippen molar-refractivity contribution < 1.29 is 9.53 Å². The zero-order valence-corrected chi connectivity index (χ0v) is 13.9. The monoisotopic (exact) mass is 307 g/mol. The highest BCUT2D eigenvalue weighted by molar-refractivity contribution is 6.00. The van der Waals surface area contributed by atoms with Crippen LogP contribution in [0.3, 0.4) is 0 Å². The van der Waals surface area contributed by atoms with Crippen molar-refractivity contribution in [2.75, 3.05) is 12.4 Å². The van der Waals surface area contributed by atoms with Gasteiger partial charge in [0.25, 0.3) is 0 Å². The zero-order chi connectivity index (χ0) is 16.6. The van der Waals surface area contributed by atoms with Crippen molar-refractivity contribution in [2.45, 2.75) is 26.3 Å². The smallest absolute Gasteiger partial charge is 0.151 e. The van der Waals surface area contributed by atoms with Gasteiger partial charge in [0.2, 0.25) is 0 Å². The first-order valence-electron chi connectivity index (χ1n) is 7.70. The molecule has 0 bridgehead atoms. The highest BCUT2D eigenvalue weighted by Crippen LogP contribution is 2.41. The number of aldehydes is 1. The molecule has 0 saturated carbocycles. The molecule has 0 radical (unpaired) electrons. The van der Waals surface area contributed by atoms with Crippen LogP contribution in [0.2, 0.25) is 0 Å². The number of anilines is 1. The molecular formula is C20H21NO2. The summed E-state index contributed by atoms with van der Waals surface area (Å²) in [7, 11) is 1.65. The molecule has 3 rings (SSSR count). The quantitative estimate of drug-likeness (QED) is 0.829. The van der Waals surface area contributed by atoms with E-state index in [9.17, 15) is 4.79 Å². The van der Waals surface area contributed by atoms with Crippen LogP contribution in [-0.4, -0.2) is 18.9 Å². The molecule has 1 aliphatic rings. The van der Waals surface area contributed by atoms with Gasteiger partial charge in [0, 0.05) is 22.4 Å². The van der Waals surface area contributed by atoms with Gasteiger partial charge in [-0.1, -0.05) is 30.3 Å². The molecule has 0 aromatic heterocycles. The normalized spacial score (nSPS) is 15.2. The van der Waals surface area contributed by atoms with E-state index in [0.29, 0.717) is 5.56 Å². The third-order valence-electron chi connectivity index (χ3n) is 4.19. The average Bonchev–Trinajstić information content (AvgIpc) is 2.52. The molecule has 3 heteroatoms. The molecule has 0 saturated heterocycles. The van der Waals surface area contributed by atoms with E-state index in [2.05, 4.69) is 32.2 Å². The fraction of sp³-hybridized carbons (Fsp3) is 0.250. The summed E-state index contributed by atoms with van der Waals surface area (Å²) < 4.78 is 5.46. The topological polar surface area (TPSA) is 38.3 Å². The second-order valence-electron chi connectivity index (χ2n) is 6.44. The van der Waals surface area contributed by atoms with E-state index >= 15 is 0 Å². The van der Waals surface area contributed by atoms with Gasteiger partial charge in [0.15, 0.2) is 6.29 Å². The van der Waals surface area contributed by atoms with Crippen LogP contribution in [0.5, 0.6) is 5.75 Å². The number of hydrogen-bond acceptors (Lipinski definition) is 3. The standard InChI is InChI=1S/C20H21NO2/c1-13-11-20(2,3)21-17-10-9-14(16(12-22)19(13)17)15-7-5-6-8-18(15)23-4/h5-12,21H,1-4H3. The second kappa shape index (κ2) is 5.58. The van der Waals surface area contributed by atoms with E-state index in [4.69, 9.17) is 4.74 Å². The molecule has 0 fully saturated rings. The molecule has 0 spiro atoms. The highest BCUT2D eigenvalue weighted by Gasteiger charge is 2.26. The molecule has 0 atom stereocenters. The molecule has 2 aromatic rings. The summed E-state index contributed by atoms with van der Waals surface area (Å²) in [5.41, 5.74) is 5.48. The van der Waals surface area contributed by atoms with Gasteiger partial charge in [-0.2, -0.15) is 0 Å². The summed E-state index contributed by atoms with van der Waals surface area (Å²) in [6.07, 6.45) is 3.10. The van der Waals surface area contributed by atoms with Crippen LogP contribution in [0.1, 0.15) is 36.7 Å². The number of para-hydroxylation sites is 1. The number of carbonyl (C=O) groups excluding carboxylic acids is 1. The molecule has 3 nitrogen and oxygen atoms in total. The lowest BCUT2D eigenvalue weighted by molar-refractivity contribution is 0.112. The minimum atomic E-state index is -0.122. The fourth-order valence-corrected chi connectivity index (χ4v) is 3.37. The lowest BCUT2D eigenvalue weighted by atomic mass is 9.85. The van der Waals surface area contributed by atoms with E-state index in [1.165, 1.54) is 0 Å². The number of allylic oxidation sites excluding steroid dienone is 1. The summed E-state index contributed by atoms with van der Waals surface area (Å²) >= 11 is 0. The third kappa shape index (κ3) is 2.63. The SMILES string of the molecule is COc1ccccc1-c1ccc2c(c1C=O)C(C)=CC(C)(C)N2. The number of ether oxygens (including phenoxy) is 1. The number of methoxy groups -OCH3 is 1. The molecule has 1 heterocycles. The van der Waals surface area contributed by atoms with Crippen molar-refractivity contribution in [3.8, 4) is 16.9 Å². The Balaban J connectivity index is 2.27.